The third-order valence-electron chi connectivity index (χ3n) is 10.4. The molecule has 8 heteroatoms. The largest absolute Gasteiger partial charge is 0.504 e. The molecule has 0 saturated carbocycles. The van der Waals surface area contributed by atoms with Crippen molar-refractivity contribution < 1.29 is 33.9 Å². The molecule has 4 aromatic carbocycles. The highest BCUT2D eigenvalue weighted by atomic mass is 16.7. The molecular weight excluding hydrogens is 630 g/mol. The van der Waals surface area contributed by atoms with E-state index in [2.05, 4.69) is 47.5 Å². The Morgan fingerprint density at radius 2 is 1.60 bits per heavy atom. The van der Waals surface area contributed by atoms with Crippen LogP contribution in [0.2, 0.25) is 0 Å². The van der Waals surface area contributed by atoms with Gasteiger partial charge in [0, 0.05) is 28.2 Å². The minimum atomic E-state index is -0.215. The molecular formula is C42H47NO7. The average Bonchev–Trinajstić information content (AvgIpc) is 3.62. The Balaban J connectivity index is 1.34. The fourth-order valence-corrected chi connectivity index (χ4v) is 8.03. The SMILES string of the molecule is COc1c(C)cc2c(c1O)[C@@H]1CCc3c(OCc4ccccc4)c(C)c4c(c3[C@H](COCc3ccccc3)CC/C=C/N1[C@H](CO)C2)OCO4. The van der Waals surface area contributed by atoms with Crippen LogP contribution in [-0.4, -0.2) is 48.3 Å². The zero-order chi connectivity index (χ0) is 34.6. The number of methoxy groups -OCH3 is 1. The topological polar surface area (TPSA) is 89.9 Å². The van der Waals surface area contributed by atoms with Crippen LogP contribution in [0.4, 0.5) is 0 Å². The van der Waals surface area contributed by atoms with Crippen molar-refractivity contribution in [2.75, 3.05) is 27.1 Å². The van der Waals surface area contributed by atoms with E-state index in [1.807, 2.05) is 50.2 Å². The van der Waals surface area contributed by atoms with Crippen molar-refractivity contribution in [2.45, 2.75) is 77.2 Å². The number of hydrogen-bond donors (Lipinski definition) is 2. The van der Waals surface area contributed by atoms with Gasteiger partial charge in [-0.05, 0) is 74.4 Å². The number of aryl methyl sites for hydroxylation is 1. The zero-order valence-electron chi connectivity index (χ0n) is 29.2. The molecule has 0 fully saturated rings. The number of nitrogens with zero attached hydrogens (tertiary/aromatic N) is 1. The van der Waals surface area contributed by atoms with Crippen molar-refractivity contribution in [3.8, 4) is 28.7 Å². The van der Waals surface area contributed by atoms with Gasteiger partial charge in [-0.1, -0.05) is 72.8 Å². The first-order valence-electron chi connectivity index (χ1n) is 17.7. The molecule has 0 bridgehead atoms. The number of aliphatic hydroxyl groups excluding tert-OH is 1. The Morgan fingerprint density at radius 3 is 2.32 bits per heavy atom. The molecule has 0 aliphatic carbocycles. The van der Waals surface area contributed by atoms with Crippen molar-refractivity contribution in [3.63, 3.8) is 0 Å². The summed E-state index contributed by atoms with van der Waals surface area (Å²) in [7, 11) is 1.60. The summed E-state index contributed by atoms with van der Waals surface area (Å²) in [5.74, 6) is 2.98. The van der Waals surface area contributed by atoms with Crippen molar-refractivity contribution in [1.29, 1.82) is 0 Å². The Hall–Kier alpha value is -4.66. The highest BCUT2D eigenvalue weighted by Gasteiger charge is 2.38. The van der Waals surface area contributed by atoms with Gasteiger partial charge in [0.25, 0.3) is 0 Å². The minimum absolute atomic E-state index is 0.000636. The van der Waals surface area contributed by atoms with Gasteiger partial charge in [0.05, 0.1) is 39.0 Å². The van der Waals surface area contributed by atoms with Gasteiger partial charge in [-0.15, -0.1) is 0 Å². The summed E-state index contributed by atoms with van der Waals surface area (Å²) in [6.45, 7) is 5.57. The molecule has 262 valence electrons. The molecule has 0 radical (unpaired) electrons. The maximum atomic E-state index is 11.7. The molecule has 0 aromatic heterocycles. The van der Waals surface area contributed by atoms with Crippen molar-refractivity contribution in [1.82, 2.24) is 4.90 Å². The molecule has 8 nitrogen and oxygen atoms in total. The van der Waals surface area contributed by atoms with E-state index in [0.717, 1.165) is 74.6 Å². The van der Waals surface area contributed by atoms with Crippen LogP contribution in [0.15, 0.2) is 79.0 Å². The Labute approximate surface area is 294 Å². The normalized spacial score (nSPS) is 20.2. The standard InChI is InChI=1S/C42H47NO7/c1-27-20-32-21-33(22-44)43-19-11-10-16-31(25-47-23-29-12-6-4-7-13-29)36-34(17-18-35(43)37(32)38(45)39(27)46-3)40(28(2)41-42(36)50-26-49-41)48-24-30-14-8-5-9-15-30/h4-9,11-15,19-20,31,33,35,44-45H,10,16-18,21-26H2,1-3H3/b19-11+/t31-,33-,35-/m0/s1. The number of phenols is 1. The number of aromatic hydroxyl groups is 1. The van der Waals surface area contributed by atoms with E-state index in [0.29, 0.717) is 44.8 Å². The Kier molecular flexibility index (Phi) is 10.2. The van der Waals surface area contributed by atoms with E-state index in [-0.39, 0.29) is 37.2 Å². The van der Waals surface area contributed by atoms with Crippen molar-refractivity contribution >= 4 is 0 Å². The molecule has 2 N–H and O–H groups in total. The molecule has 3 heterocycles. The second kappa shape index (κ2) is 15.1. The number of ether oxygens (including phenoxy) is 5. The molecule has 4 aromatic rings. The smallest absolute Gasteiger partial charge is 0.231 e. The Morgan fingerprint density at radius 1 is 0.880 bits per heavy atom. The first-order chi connectivity index (χ1) is 24.5. The van der Waals surface area contributed by atoms with E-state index >= 15 is 0 Å². The van der Waals surface area contributed by atoms with Crippen LogP contribution in [0.25, 0.3) is 0 Å². The zero-order valence-corrected chi connectivity index (χ0v) is 29.2. The van der Waals surface area contributed by atoms with Gasteiger partial charge in [-0.3, -0.25) is 0 Å². The predicted octanol–water partition coefficient (Wildman–Crippen LogP) is 7.83. The number of rotatable bonds is 9. The van der Waals surface area contributed by atoms with Gasteiger partial charge in [-0.2, -0.15) is 0 Å². The van der Waals surface area contributed by atoms with Crippen LogP contribution in [0.3, 0.4) is 0 Å². The average molecular weight is 678 g/mol. The van der Waals surface area contributed by atoms with Crippen LogP contribution < -0.4 is 18.9 Å². The quantitative estimate of drug-likeness (QED) is 0.185. The van der Waals surface area contributed by atoms with Crippen LogP contribution >= 0.6 is 0 Å². The maximum Gasteiger partial charge on any atom is 0.231 e. The van der Waals surface area contributed by atoms with Gasteiger partial charge in [0.2, 0.25) is 6.79 Å². The van der Waals surface area contributed by atoms with E-state index in [9.17, 15) is 10.2 Å². The second-order valence-corrected chi connectivity index (χ2v) is 13.5. The first-order valence-corrected chi connectivity index (χ1v) is 17.7. The molecule has 0 unspecified atom stereocenters. The van der Waals surface area contributed by atoms with Crippen LogP contribution in [-0.2, 0) is 30.8 Å². The minimum Gasteiger partial charge on any atom is -0.504 e. The fourth-order valence-electron chi connectivity index (χ4n) is 8.03. The summed E-state index contributed by atoms with van der Waals surface area (Å²) in [4.78, 5) is 2.24. The number of benzene rings is 4. The fraction of sp³-hybridized carbons (Fsp3) is 0.381. The van der Waals surface area contributed by atoms with E-state index < -0.39 is 0 Å². The molecule has 0 spiro atoms. The first kappa shape index (κ1) is 33.8. The van der Waals surface area contributed by atoms with Gasteiger partial charge >= 0.3 is 0 Å². The van der Waals surface area contributed by atoms with Gasteiger partial charge in [0.1, 0.15) is 12.4 Å². The number of phenolic OH excluding ortho intramolecular Hbond substituents is 1. The molecule has 3 aliphatic heterocycles. The summed E-state index contributed by atoms with van der Waals surface area (Å²) < 4.78 is 31.4. The van der Waals surface area contributed by atoms with Crippen molar-refractivity contribution in [3.05, 3.63) is 124 Å². The molecule has 50 heavy (non-hydrogen) atoms. The monoisotopic (exact) mass is 677 g/mol. The highest BCUT2D eigenvalue weighted by molar-refractivity contribution is 5.65. The van der Waals surface area contributed by atoms with Gasteiger partial charge in [0.15, 0.2) is 23.0 Å². The van der Waals surface area contributed by atoms with Gasteiger partial charge < -0.3 is 38.8 Å². The lowest BCUT2D eigenvalue weighted by Gasteiger charge is -2.43. The maximum absolute atomic E-state index is 11.7. The lowest BCUT2D eigenvalue weighted by atomic mass is 9.82. The number of allylic oxidation sites excluding steroid dienone is 1. The van der Waals surface area contributed by atoms with Crippen LogP contribution in [0, 0.1) is 13.8 Å². The molecule has 3 aliphatic rings. The van der Waals surface area contributed by atoms with E-state index in [4.69, 9.17) is 23.7 Å². The summed E-state index contributed by atoms with van der Waals surface area (Å²) in [5.41, 5.74) is 8.04. The lowest BCUT2D eigenvalue weighted by Crippen LogP contribution is -2.43. The number of fused-ring (bicyclic) bond motifs is 6. The molecule has 3 atom stereocenters. The third-order valence-corrected chi connectivity index (χ3v) is 10.4. The summed E-state index contributed by atoms with van der Waals surface area (Å²) in [5, 5.41) is 22.4. The predicted molar refractivity (Wildman–Crippen MR) is 192 cm³/mol. The van der Waals surface area contributed by atoms with Gasteiger partial charge in [-0.25, -0.2) is 0 Å². The van der Waals surface area contributed by atoms with E-state index in [1.54, 1.807) is 7.11 Å². The second-order valence-electron chi connectivity index (χ2n) is 13.5. The summed E-state index contributed by atoms with van der Waals surface area (Å²) >= 11 is 0. The molecule has 0 saturated heterocycles. The molecule has 7 rings (SSSR count). The summed E-state index contributed by atoms with van der Waals surface area (Å²) in [6, 6.07) is 22.2. The highest BCUT2D eigenvalue weighted by Crippen LogP contribution is 2.53. The Bertz CT molecular complexity index is 1820. The molecule has 0 amide bonds. The summed E-state index contributed by atoms with van der Waals surface area (Å²) in [6.07, 6.45) is 7.82. The number of hydrogen-bond acceptors (Lipinski definition) is 8. The third kappa shape index (κ3) is 6.62. The van der Waals surface area contributed by atoms with Crippen LogP contribution in [0.1, 0.15) is 75.7 Å². The van der Waals surface area contributed by atoms with Crippen molar-refractivity contribution in [2.24, 2.45) is 0 Å². The van der Waals surface area contributed by atoms with Crippen LogP contribution in [0.5, 0.6) is 28.7 Å². The van der Waals surface area contributed by atoms with E-state index in [1.165, 1.54) is 0 Å². The lowest BCUT2D eigenvalue weighted by molar-refractivity contribution is 0.103. The number of aliphatic hydroxyl groups is 1.